The summed E-state index contributed by atoms with van der Waals surface area (Å²) in [5, 5.41) is 12.3. The second-order valence-corrected chi connectivity index (χ2v) is 3.72. The maximum absolute atomic E-state index is 12.7. The summed E-state index contributed by atoms with van der Waals surface area (Å²) in [6, 6.07) is 15.6. The van der Waals surface area contributed by atoms with Gasteiger partial charge in [-0.1, -0.05) is 47.6 Å². The van der Waals surface area contributed by atoms with Crippen molar-refractivity contribution in [1.29, 1.82) is 0 Å². The van der Waals surface area contributed by atoms with Gasteiger partial charge in [-0.05, 0) is 23.3 Å². The molecule has 2 aromatic rings. The van der Waals surface area contributed by atoms with E-state index in [4.69, 9.17) is 5.21 Å². The van der Waals surface area contributed by atoms with Gasteiger partial charge in [0.2, 0.25) is 0 Å². The van der Waals surface area contributed by atoms with E-state index in [1.807, 2.05) is 30.3 Å². The highest BCUT2D eigenvalue weighted by molar-refractivity contribution is 6.01. The monoisotopic (exact) mass is 229 g/mol. The normalized spacial score (nSPS) is 11.5. The Morgan fingerprint density at radius 2 is 1.65 bits per heavy atom. The molecule has 0 aliphatic carbocycles. The minimum atomic E-state index is -0.268. The van der Waals surface area contributed by atoms with E-state index in [2.05, 4.69) is 5.16 Å². The second-order valence-electron chi connectivity index (χ2n) is 3.72. The third kappa shape index (κ3) is 2.91. The van der Waals surface area contributed by atoms with E-state index in [0.717, 1.165) is 11.1 Å². The standard InChI is InChI=1S/C14H12FNO/c15-13-8-6-11(7-9-13)10-14(16-17)12-4-2-1-3-5-12/h1-9,17H,10H2. The van der Waals surface area contributed by atoms with Crippen LogP contribution in [0.5, 0.6) is 0 Å². The first-order valence-electron chi connectivity index (χ1n) is 5.30. The van der Waals surface area contributed by atoms with Crippen LogP contribution in [0.25, 0.3) is 0 Å². The van der Waals surface area contributed by atoms with Crippen LogP contribution in [0.4, 0.5) is 4.39 Å². The predicted molar refractivity (Wildman–Crippen MR) is 64.9 cm³/mol. The third-order valence-electron chi connectivity index (χ3n) is 2.51. The van der Waals surface area contributed by atoms with Crippen molar-refractivity contribution in [3.05, 3.63) is 71.5 Å². The molecule has 0 aliphatic heterocycles. The Balaban J connectivity index is 2.19. The highest BCUT2D eigenvalue weighted by atomic mass is 19.1. The summed E-state index contributed by atoms with van der Waals surface area (Å²) in [6.07, 6.45) is 0.473. The van der Waals surface area contributed by atoms with E-state index in [0.29, 0.717) is 12.1 Å². The van der Waals surface area contributed by atoms with Gasteiger partial charge in [0.1, 0.15) is 5.82 Å². The van der Waals surface area contributed by atoms with E-state index in [-0.39, 0.29) is 5.82 Å². The van der Waals surface area contributed by atoms with E-state index in [9.17, 15) is 4.39 Å². The molecule has 0 saturated heterocycles. The van der Waals surface area contributed by atoms with Crippen LogP contribution >= 0.6 is 0 Å². The Hall–Kier alpha value is -2.16. The molecule has 0 fully saturated rings. The van der Waals surface area contributed by atoms with Gasteiger partial charge in [0.05, 0.1) is 5.71 Å². The van der Waals surface area contributed by atoms with E-state index in [1.54, 1.807) is 12.1 Å². The first-order chi connectivity index (χ1) is 8.29. The molecule has 3 heteroatoms. The first-order valence-corrected chi connectivity index (χ1v) is 5.30. The molecule has 0 aliphatic rings. The van der Waals surface area contributed by atoms with Crippen molar-refractivity contribution < 1.29 is 9.60 Å². The molecule has 2 nitrogen and oxygen atoms in total. The third-order valence-corrected chi connectivity index (χ3v) is 2.51. The Morgan fingerprint density at radius 1 is 1.00 bits per heavy atom. The van der Waals surface area contributed by atoms with E-state index >= 15 is 0 Å². The molecule has 17 heavy (non-hydrogen) atoms. The molecule has 0 saturated carbocycles. The van der Waals surface area contributed by atoms with Crippen molar-refractivity contribution in [2.75, 3.05) is 0 Å². The summed E-state index contributed by atoms with van der Waals surface area (Å²) in [7, 11) is 0. The maximum atomic E-state index is 12.7. The molecule has 0 aromatic heterocycles. The van der Waals surface area contributed by atoms with Gasteiger partial charge >= 0.3 is 0 Å². The largest absolute Gasteiger partial charge is 0.411 e. The zero-order chi connectivity index (χ0) is 12.1. The highest BCUT2D eigenvalue weighted by Gasteiger charge is 2.05. The molecule has 2 rings (SSSR count). The van der Waals surface area contributed by atoms with Crippen molar-refractivity contribution in [2.45, 2.75) is 6.42 Å². The summed E-state index contributed by atoms with van der Waals surface area (Å²) >= 11 is 0. The summed E-state index contributed by atoms with van der Waals surface area (Å²) < 4.78 is 12.7. The molecule has 0 radical (unpaired) electrons. The lowest BCUT2D eigenvalue weighted by Crippen LogP contribution is -2.05. The fraction of sp³-hybridized carbons (Fsp3) is 0.0714. The molecular formula is C14H12FNO. The van der Waals surface area contributed by atoms with Crippen LogP contribution < -0.4 is 0 Å². The van der Waals surface area contributed by atoms with Crippen molar-refractivity contribution in [3.63, 3.8) is 0 Å². The van der Waals surface area contributed by atoms with E-state index < -0.39 is 0 Å². The molecule has 0 bridgehead atoms. The maximum Gasteiger partial charge on any atom is 0.123 e. The Morgan fingerprint density at radius 3 is 2.24 bits per heavy atom. The quantitative estimate of drug-likeness (QED) is 0.489. The predicted octanol–water partition coefficient (Wildman–Crippen LogP) is 3.25. The SMILES string of the molecule is ON=C(Cc1ccc(F)cc1)c1ccccc1. The minimum Gasteiger partial charge on any atom is -0.411 e. The average Bonchev–Trinajstić information content (AvgIpc) is 2.39. The zero-order valence-electron chi connectivity index (χ0n) is 9.18. The highest BCUT2D eigenvalue weighted by Crippen LogP contribution is 2.09. The smallest absolute Gasteiger partial charge is 0.123 e. The van der Waals surface area contributed by atoms with Crippen molar-refractivity contribution in [1.82, 2.24) is 0 Å². The number of halogens is 1. The van der Waals surface area contributed by atoms with Crippen LogP contribution in [0.1, 0.15) is 11.1 Å². The molecule has 0 amide bonds. The van der Waals surface area contributed by atoms with Crippen LogP contribution in [-0.4, -0.2) is 10.9 Å². The molecule has 2 aromatic carbocycles. The van der Waals surface area contributed by atoms with Gasteiger partial charge in [-0.25, -0.2) is 4.39 Å². The molecule has 0 spiro atoms. The average molecular weight is 229 g/mol. The number of nitrogens with zero attached hydrogens (tertiary/aromatic N) is 1. The lowest BCUT2D eigenvalue weighted by molar-refractivity contribution is 0.318. The molecule has 86 valence electrons. The number of hydrogen-bond donors (Lipinski definition) is 1. The van der Waals surface area contributed by atoms with Crippen molar-refractivity contribution in [2.24, 2.45) is 5.16 Å². The Labute approximate surface area is 99.0 Å². The van der Waals surface area contributed by atoms with Crippen LogP contribution in [0.15, 0.2) is 59.8 Å². The Bertz CT molecular complexity index is 506. The number of oxime groups is 1. The summed E-state index contributed by atoms with van der Waals surface area (Å²) in [6.45, 7) is 0. The van der Waals surface area contributed by atoms with Crippen LogP contribution in [0, 0.1) is 5.82 Å². The molecular weight excluding hydrogens is 217 g/mol. The zero-order valence-corrected chi connectivity index (χ0v) is 9.18. The van der Waals surface area contributed by atoms with E-state index in [1.165, 1.54) is 12.1 Å². The lowest BCUT2D eigenvalue weighted by Gasteiger charge is -2.04. The Kier molecular flexibility index (Phi) is 3.50. The van der Waals surface area contributed by atoms with Crippen molar-refractivity contribution in [3.8, 4) is 0 Å². The topological polar surface area (TPSA) is 32.6 Å². The lowest BCUT2D eigenvalue weighted by atomic mass is 10.0. The van der Waals surface area contributed by atoms with Gasteiger partial charge in [-0.3, -0.25) is 0 Å². The van der Waals surface area contributed by atoms with Gasteiger partial charge in [0.25, 0.3) is 0 Å². The van der Waals surface area contributed by atoms with Crippen LogP contribution in [-0.2, 0) is 6.42 Å². The summed E-state index contributed by atoms with van der Waals surface area (Å²) in [5.74, 6) is -0.268. The van der Waals surface area contributed by atoms with Gasteiger partial charge in [-0.2, -0.15) is 0 Å². The van der Waals surface area contributed by atoms with Gasteiger partial charge in [0, 0.05) is 6.42 Å². The fourth-order valence-electron chi connectivity index (χ4n) is 1.62. The summed E-state index contributed by atoms with van der Waals surface area (Å²) in [4.78, 5) is 0. The summed E-state index contributed by atoms with van der Waals surface area (Å²) in [5.41, 5.74) is 2.33. The van der Waals surface area contributed by atoms with Gasteiger partial charge in [-0.15, -0.1) is 0 Å². The molecule has 0 unspecified atom stereocenters. The first kappa shape index (κ1) is 11.3. The molecule has 0 heterocycles. The fourth-order valence-corrected chi connectivity index (χ4v) is 1.62. The second kappa shape index (κ2) is 5.25. The van der Waals surface area contributed by atoms with Gasteiger partial charge in [0.15, 0.2) is 0 Å². The van der Waals surface area contributed by atoms with Crippen LogP contribution in [0.2, 0.25) is 0 Å². The van der Waals surface area contributed by atoms with Gasteiger partial charge < -0.3 is 5.21 Å². The molecule has 0 atom stereocenters. The van der Waals surface area contributed by atoms with Crippen LogP contribution in [0.3, 0.4) is 0 Å². The number of rotatable bonds is 3. The number of benzene rings is 2. The van der Waals surface area contributed by atoms with Crippen molar-refractivity contribution >= 4 is 5.71 Å². The number of hydrogen-bond acceptors (Lipinski definition) is 2. The minimum absolute atomic E-state index is 0.268. The molecule has 1 N–H and O–H groups in total.